The normalized spacial score (nSPS) is 19.0. The van der Waals surface area contributed by atoms with Crippen molar-refractivity contribution in [1.82, 2.24) is 0 Å². The fraction of sp³-hybridized carbons (Fsp3) is 1.00. The maximum Gasteiger partial charge on any atom is 0.170 e. The quantitative estimate of drug-likeness (QED) is 0.346. The van der Waals surface area contributed by atoms with Crippen LogP contribution >= 0.6 is 0 Å². The van der Waals surface area contributed by atoms with Gasteiger partial charge >= 0.3 is 0 Å². The van der Waals surface area contributed by atoms with Gasteiger partial charge in [0.05, 0.1) is 13.2 Å². The summed E-state index contributed by atoms with van der Waals surface area (Å²) in [6.07, 6.45) is 11.3. The van der Waals surface area contributed by atoms with Crippen LogP contribution in [0, 0.1) is 11.3 Å². The maximum absolute atomic E-state index is 5.85. The first kappa shape index (κ1) is 19.9. The van der Waals surface area contributed by atoms with Gasteiger partial charge in [-0.15, -0.1) is 0 Å². The third-order valence-corrected chi connectivity index (χ3v) is 5.35. The predicted molar refractivity (Wildman–Crippen MR) is 92.1 cm³/mol. The van der Waals surface area contributed by atoms with Crippen LogP contribution in [0.4, 0.5) is 0 Å². The molecule has 1 atom stereocenters. The van der Waals surface area contributed by atoms with Gasteiger partial charge in [0.2, 0.25) is 0 Å². The zero-order valence-electron chi connectivity index (χ0n) is 15.6. The first-order valence-corrected chi connectivity index (χ1v) is 9.24. The van der Waals surface area contributed by atoms with E-state index in [-0.39, 0.29) is 0 Å². The Hall–Kier alpha value is -0.120. The second-order valence-electron chi connectivity index (χ2n) is 7.33. The van der Waals surface area contributed by atoms with Crippen molar-refractivity contribution in [3.05, 3.63) is 0 Å². The van der Waals surface area contributed by atoms with Crippen molar-refractivity contribution in [1.29, 1.82) is 0 Å². The fourth-order valence-electron chi connectivity index (χ4n) is 3.81. The molecule has 0 spiro atoms. The van der Waals surface area contributed by atoms with Crippen molar-refractivity contribution in [3.63, 3.8) is 0 Å². The SMILES string of the molecule is CCCCCCCCC(CC1(C)COC1)C(CC)(OC)OC. The molecule has 0 amide bonds. The minimum Gasteiger partial charge on any atom is -0.380 e. The predicted octanol–water partition coefficient (Wildman–Crippen LogP) is 5.18. The average molecular weight is 315 g/mol. The fourth-order valence-corrected chi connectivity index (χ4v) is 3.81. The van der Waals surface area contributed by atoms with Crippen LogP contribution in [-0.4, -0.2) is 33.2 Å². The Morgan fingerprint density at radius 3 is 2.05 bits per heavy atom. The molecule has 1 unspecified atom stereocenters. The number of rotatable bonds is 13. The molecule has 0 bridgehead atoms. The Kier molecular flexibility index (Phi) is 8.96. The van der Waals surface area contributed by atoms with Gasteiger partial charge in [-0.25, -0.2) is 0 Å². The smallest absolute Gasteiger partial charge is 0.170 e. The lowest BCUT2D eigenvalue weighted by atomic mass is 9.74. The first-order chi connectivity index (χ1) is 10.6. The third-order valence-electron chi connectivity index (χ3n) is 5.35. The number of hydrogen-bond acceptors (Lipinski definition) is 3. The van der Waals surface area contributed by atoms with E-state index in [9.17, 15) is 0 Å². The maximum atomic E-state index is 5.85. The Morgan fingerprint density at radius 2 is 1.59 bits per heavy atom. The van der Waals surface area contributed by atoms with Crippen LogP contribution in [0.2, 0.25) is 0 Å². The van der Waals surface area contributed by atoms with Crippen molar-refractivity contribution in [2.24, 2.45) is 11.3 Å². The zero-order chi connectivity index (χ0) is 16.5. The molecule has 22 heavy (non-hydrogen) atoms. The van der Waals surface area contributed by atoms with Gasteiger partial charge in [0.25, 0.3) is 0 Å². The molecule has 1 saturated heterocycles. The summed E-state index contributed by atoms with van der Waals surface area (Å²) in [7, 11) is 3.59. The largest absolute Gasteiger partial charge is 0.380 e. The van der Waals surface area contributed by atoms with E-state index in [1.807, 2.05) is 0 Å². The lowest BCUT2D eigenvalue weighted by molar-refractivity contribution is -0.256. The molecule has 0 aliphatic carbocycles. The van der Waals surface area contributed by atoms with Crippen LogP contribution in [0.1, 0.15) is 78.6 Å². The minimum absolute atomic E-state index is 0.310. The highest BCUT2D eigenvalue weighted by atomic mass is 16.7. The van der Waals surface area contributed by atoms with Crippen molar-refractivity contribution in [2.75, 3.05) is 27.4 Å². The van der Waals surface area contributed by atoms with E-state index >= 15 is 0 Å². The second-order valence-corrected chi connectivity index (χ2v) is 7.33. The molecule has 0 N–H and O–H groups in total. The molecule has 1 rings (SSSR count). The van der Waals surface area contributed by atoms with E-state index in [1.54, 1.807) is 14.2 Å². The summed E-state index contributed by atoms with van der Waals surface area (Å²) in [5.41, 5.74) is 0.310. The van der Waals surface area contributed by atoms with E-state index in [2.05, 4.69) is 20.8 Å². The lowest BCUT2D eigenvalue weighted by Crippen LogP contribution is -2.48. The summed E-state index contributed by atoms with van der Waals surface area (Å²) in [5, 5.41) is 0. The minimum atomic E-state index is -0.429. The Bertz CT molecular complexity index is 274. The summed E-state index contributed by atoms with van der Waals surface area (Å²) >= 11 is 0. The van der Waals surface area contributed by atoms with Crippen molar-refractivity contribution < 1.29 is 14.2 Å². The molecule has 1 aliphatic heterocycles. The van der Waals surface area contributed by atoms with Gasteiger partial charge in [0.1, 0.15) is 0 Å². The van der Waals surface area contributed by atoms with Crippen LogP contribution in [0.15, 0.2) is 0 Å². The monoisotopic (exact) mass is 314 g/mol. The topological polar surface area (TPSA) is 27.7 Å². The molecule has 132 valence electrons. The van der Waals surface area contributed by atoms with Crippen LogP contribution < -0.4 is 0 Å². The molecule has 0 aromatic rings. The van der Waals surface area contributed by atoms with Crippen LogP contribution in [0.5, 0.6) is 0 Å². The van der Waals surface area contributed by atoms with Gasteiger partial charge in [-0.3, -0.25) is 0 Å². The average Bonchev–Trinajstić information content (AvgIpc) is 2.51. The molecule has 0 aromatic heterocycles. The highest BCUT2D eigenvalue weighted by Gasteiger charge is 2.44. The summed E-state index contributed by atoms with van der Waals surface area (Å²) in [6.45, 7) is 8.53. The van der Waals surface area contributed by atoms with Gasteiger partial charge in [-0.1, -0.05) is 59.3 Å². The molecule has 0 saturated carbocycles. The second kappa shape index (κ2) is 9.89. The standard InChI is InChI=1S/C19H38O3/c1-6-8-9-10-11-12-13-17(14-18(3)15-22-16-18)19(7-2,20-4)21-5/h17H,6-16H2,1-5H3. The van der Waals surface area contributed by atoms with Crippen LogP contribution in [-0.2, 0) is 14.2 Å². The van der Waals surface area contributed by atoms with Crippen LogP contribution in [0.3, 0.4) is 0 Å². The van der Waals surface area contributed by atoms with E-state index in [1.165, 1.54) is 44.9 Å². The van der Waals surface area contributed by atoms with Gasteiger partial charge in [0.15, 0.2) is 5.79 Å². The van der Waals surface area contributed by atoms with Crippen molar-refractivity contribution >= 4 is 0 Å². The summed E-state index contributed by atoms with van der Waals surface area (Å²) in [4.78, 5) is 0. The highest BCUT2D eigenvalue weighted by Crippen LogP contribution is 2.42. The number of unbranched alkanes of at least 4 members (excludes halogenated alkanes) is 5. The molecular weight excluding hydrogens is 276 g/mol. The molecule has 3 heteroatoms. The number of hydrogen-bond donors (Lipinski definition) is 0. The Balaban J connectivity index is 2.53. The summed E-state index contributed by atoms with van der Waals surface area (Å²) < 4.78 is 17.1. The molecule has 1 heterocycles. The molecule has 0 radical (unpaired) electrons. The van der Waals surface area contributed by atoms with Gasteiger partial charge in [0, 0.05) is 25.6 Å². The third kappa shape index (κ3) is 5.50. The van der Waals surface area contributed by atoms with Gasteiger partial charge in [-0.05, 0) is 19.3 Å². The molecule has 1 fully saturated rings. The Labute approximate surface area is 138 Å². The van der Waals surface area contributed by atoms with E-state index in [0.29, 0.717) is 11.3 Å². The molecule has 3 nitrogen and oxygen atoms in total. The van der Waals surface area contributed by atoms with Gasteiger partial charge < -0.3 is 14.2 Å². The Morgan fingerprint density at radius 1 is 1.00 bits per heavy atom. The van der Waals surface area contributed by atoms with Crippen LogP contribution in [0.25, 0.3) is 0 Å². The molecule has 0 aromatic carbocycles. The molecule has 1 aliphatic rings. The van der Waals surface area contributed by atoms with E-state index in [0.717, 1.165) is 26.1 Å². The van der Waals surface area contributed by atoms with Crippen molar-refractivity contribution in [3.8, 4) is 0 Å². The molecular formula is C19H38O3. The summed E-state index contributed by atoms with van der Waals surface area (Å²) in [6, 6.07) is 0. The van der Waals surface area contributed by atoms with Crippen molar-refractivity contribution in [2.45, 2.75) is 84.3 Å². The summed E-state index contributed by atoms with van der Waals surface area (Å²) in [5.74, 6) is 0.0229. The highest BCUT2D eigenvalue weighted by molar-refractivity contribution is 4.89. The van der Waals surface area contributed by atoms with Gasteiger partial charge in [-0.2, -0.15) is 0 Å². The number of ether oxygens (including phenoxy) is 3. The zero-order valence-corrected chi connectivity index (χ0v) is 15.6. The first-order valence-electron chi connectivity index (χ1n) is 9.24. The van der Waals surface area contributed by atoms with E-state index < -0.39 is 5.79 Å². The van der Waals surface area contributed by atoms with E-state index in [4.69, 9.17) is 14.2 Å². The lowest BCUT2D eigenvalue weighted by Gasteiger charge is -2.46. The number of methoxy groups -OCH3 is 2.